The van der Waals surface area contributed by atoms with E-state index in [1.54, 1.807) is 19.2 Å². The van der Waals surface area contributed by atoms with Crippen LogP contribution in [0.5, 0.6) is 0 Å². The van der Waals surface area contributed by atoms with Crippen molar-refractivity contribution in [3.8, 4) is 0 Å². The minimum absolute atomic E-state index is 0.0956. The fourth-order valence-electron chi connectivity index (χ4n) is 1.64. The van der Waals surface area contributed by atoms with Crippen molar-refractivity contribution in [2.45, 2.75) is 13.8 Å². The van der Waals surface area contributed by atoms with Gasteiger partial charge in [0.1, 0.15) is 0 Å². The topological polar surface area (TPSA) is 69.6 Å². The second-order valence-corrected chi connectivity index (χ2v) is 5.95. The highest BCUT2D eigenvalue weighted by atomic mass is 127. The van der Waals surface area contributed by atoms with Crippen molar-refractivity contribution in [2.75, 3.05) is 18.9 Å². The summed E-state index contributed by atoms with van der Waals surface area (Å²) in [6.45, 7) is 4.63. The molecule has 2 N–H and O–H groups in total. The molecule has 104 valence electrons. The summed E-state index contributed by atoms with van der Waals surface area (Å²) >= 11 is 2.03. The molecule has 0 bridgehead atoms. The number of nitrogens with zero attached hydrogens (tertiary/aromatic N) is 1. The Morgan fingerprint density at radius 2 is 2.05 bits per heavy atom. The lowest BCUT2D eigenvalue weighted by Crippen LogP contribution is -2.34. The van der Waals surface area contributed by atoms with Crippen molar-refractivity contribution in [3.63, 3.8) is 0 Å². The molecule has 1 rings (SSSR count). The molecule has 0 radical (unpaired) electrons. The molecule has 0 aliphatic rings. The van der Waals surface area contributed by atoms with E-state index in [1.165, 1.54) is 11.0 Å². The molecule has 0 fully saturated rings. The average molecular weight is 376 g/mol. The zero-order valence-corrected chi connectivity index (χ0v) is 13.3. The van der Waals surface area contributed by atoms with Gasteiger partial charge in [-0.1, -0.05) is 13.8 Å². The Balaban J connectivity index is 2.87. The van der Waals surface area contributed by atoms with Crippen LogP contribution in [0.2, 0.25) is 0 Å². The van der Waals surface area contributed by atoms with Crippen molar-refractivity contribution in [3.05, 3.63) is 27.3 Å². The highest BCUT2D eigenvalue weighted by Crippen LogP contribution is 2.19. The fraction of sp³-hybridized carbons (Fsp3) is 0.385. The summed E-state index contributed by atoms with van der Waals surface area (Å²) in [7, 11) is 1.68. The number of rotatable bonds is 4. The molecule has 1 aromatic carbocycles. The third-order valence-electron chi connectivity index (χ3n) is 2.44. The van der Waals surface area contributed by atoms with Gasteiger partial charge in [0.05, 0.1) is 11.3 Å². The lowest BCUT2D eigenvalue weighted by molar-refractivity contribution is 0.0698. The van der Waals surface area contributed by atoms with E-state index in [4.69, 9.17) is 5.11 Å². The zero-order chi connectivity index (χ0) is 14.6. The van der Waals surface area contributed by atoms with Crippen LogP contribution < -0.4 is 5.32 Å². The van der Waals surface area contributed by atoms with Crippen molar-refractivity contribution in [2.24, 2.45) is 5.92 Å². The number of urea groups is 1. The number of carboxylic acid groups (broad SMARTS) is 1. The van der Waals surface area contributed by atoms with Gasteiger partial charge in [0.15, 0.2) is 0 Å². The molecule has 0 saturated heterocycles. The van der Waals surface area contributed by atoms with Gasteiger partial charge in [0.2, 0.25) is 0 Å². The summed E-state index contributed by atoms with van der Waals surface area (Å²) in [5.41, 5.74) is 0.409. The second kappa shape index (κ2) is 6.74. The van der Waals surface area contributed by atoms with E-state index in [-0.39, 0.29) is 11.6 Å². The van der Waals surface area contributed by atoms with E-state index in [9.17, 15) is 9.59 Å². The van der Waals surface area contributed by atoms with E-state index < -0.39 is 5.97 Å². The summed E-state index contributed by atoms with van der Waals surface area (Å²) in [5, 5.41) is 11.7. The molecule has 2 amide bonds. The number of hydrogen-bond acceptors (Lipinski definition) is 2. The van der Waals surface area contributed by atoms with Gasteiger partial charge in [-0.05, 0) is 46.7 Å². The molecule has 0 atom stereocenters. The van der Waals surface area contributed by atoms with Crippen LogP contribution >= 0.6 is 22.6 Å². The van der Waals surface area contributed by atoms with Gasteiger partial charge >= 0.3 is 12.0 Å². The van der Waals surface area contributed by atoms with Gasteiger partial charge in [0, 0.05) is 17.2 Å². The van der Waals surface area contributed by atoms with Crippen LogP contribution in [0.15, 0.2) is 18.2 Å². The molecule has 0 aromatic heterocycles. The van der Waals surface area contributed by atoms with Gasteiger partial charge in [0.25, 0.3) is 0 Å². The second-order valence-electron chi connectivity index (χ2n) is 4.70. The SMILES string of the molecule is CC(C)CN(C)C(=O)Nc1ccc(I)cc1C(=O)O. The molecular weight excluding hydrogens is 359 g/mol. The minimum atomic E-state index is -1.06. The summed E-state index contributed by atoms with van der Waals surface area (Å²) in [5.74, 6) is -0.702. The van der Waals surface area contributed by atoms with E-state index >= 15 is 0 Å². The number of aromatic carboxylic acids is 1. The van der Waals surface area contributed by atoms with Crippen LogP contribution in [0.25, 0.3) is 0 Å². The third-order valence-corrected chi connectivity index (χ3v) is 3.11. The lowest BCUT2D eigenvalue weighted by atomic mass is 10.2. The molecule has 0 saturated carbocycles. The van der Waals surface area contributed by atoms with Crippen molar-refractivity contribution < 1.29 is 14.7 Å². The molecule has 0 heterocycles. The Hall–Kier alpha value is -1.31. The molecule has 0 unspecified atom stereocenters. The summed E-state index contributed by atoms with van der Waals surface area (Å²) in [6.07, 6.45) is 0. The number of carboxylic acids is 1. The molecule has 0 aliphatic carbocycles. The Kier molecular flexibility index (Phi) is 5.59. The Bertz CT molecular complexity index is 489. The maximum absolute atomic E-state index is 11.9. The highest BCUT2D eigenvalue weighted by molar-refractivity contribution is 14.1. The Labute approximate surface area is 126 Å². The van der Waals surface area contributed by atoms with Crippen LogP contribution in [0.1, 0.15) is 24.2 Å². The first-order valence-corrected chi connectivity index (χ1v) is 6.94. The molecule has 19 heavy (non-hydrogen) atoms. The first-order valence-electron chi connectivity index (χ1n) is 5.86. The molecule has 5 nitrogen and oxygen atoms in total. The van der Waals surface area contributed by atoms with Crippen LogP contribution in [0, 0.1) is 9.49 Å². The molecular formula is C13H17IN2O3. The van der Waals surface area contributed by atoms with Crippen LogP contribution in [0.3, 0.4) is 0 Å². The van der Waals surface area contributed by atoms with Gasteiger partial charge in [-0.3, -0.25) is 0 Å². The van der Waals surface area contributed by atoms with Crippen molar-refractivity contribution in [1.29, 1.82) is 0 Å². The van der Waals surface area contributed by atoms with Crippen LogP contribution in [-0.4, -0.2) is 35.6 Å². The standard InChI is InChI=1S/C13H17IN2O3/c1-8(2)7-16(3)13(19)15-11-5-4-9(14)6-10(11)12(17)18/h4-6,8H,7H2,1-3H3,(H,15,19)(H,17,18). The Morgan fingerprint density at radius 3 is 2.58 bits per heavy atom. The first kappa shape index (κ1) is 15.7. The number of amides is 2. The number of anilines is 1. The minimum Gasteiger partial charge on any atom is -0.478 e. The molecule has 1 aromatic rings. The maximum Gasteiger partial charge on any atom is 0.337 e. The number of hydrogen-bond donors (Lipinski definition) is 2. The number of nitrogens with one attached hydrogen (secondary N) is 1. The predicted molar refractivity (Wildman–Crippen MR) is 82.6 cm³/mol. The van der Waals surface area contributed by atoms with Crippen LogP contribution in [0.4, 0.5) is 10.5 Å². The maximum atomic E-state index is 11.9. The third kappa shape index (κ3) is 4.70. The highest BCUT2D eigenvalue weighted by Gasteiger charge is 2.15. The molecule has 0 spiro atoms. The van der Waals surface area contributed by atoms with E-state index in [0.717, 1.165) is 3.57 Å². The zero-order valence-electron chi connectivity index (χ0n) is 11.1. The molecule has 0 aliphatic heterocycles. The number of carbonyl (C=O) groups excluding carboxylic acids is 1. The quantitative estimate of drug-likeness (QED) is 0.794. The van der Waals surface area contributed by atoms with Gasteiger partial charge in [-0.25, -0.2) is 9.59 Å². The largest absolute Gasteiger partial charge is 0.478 e. The van der Waals surface area contributed by atoms with Crippen molar-refractivity contribution in [1.82, 2.24) is 4.90 Å². The van der Waals surface area contributed by atoms with Crippen molar-refractivity contribution >= 4 is 40.3 Å². The fourth-order valence-corrected chi connectivity index (χ4v) is 2.13. The van der Waals surface area contributed by atoms with Gasteiger partial charge in [-0.15, -0.1) is 0 Å². The van der Waals surface area contributed by atoms with Gasteiger partial charge < -0.3 is 15.3 Å². The normalized spacial score (nSPS) is 10.4. The first-order chi connectivity index (χ1) is 8.81. The van der Waals surface area contributed by atoms with Crippen LogP contribution in [-0.2, 0) is 0 Å². The summed E-state index contributed by atoms with van der Waals surface area (Å²) in [6, 6.07) is 4.58. The van der Waals surface area contributed by atoms with E-state index in [0.29, 0.717) is 18.2 Å². The number of halogens is 1. The number of benzene rings is 1. The average Bonchev–Trinajstić information content (AvgIpc) is 2.30. The number of carbonyl (C=O) groups is 2. The van der Waals surface area contributed by atoms with E-state index in [2.05, 4.69) is 5.32 Å². The predicted octanol–water partition coefficient (Wildman–Crippen LogP) is 3.11. The monoisotopic (exact) mass is 376 g/mol. The molecule has 6 heteroatoms. The van der Waals surface area contributed by atoms with Gasteiger partial charge in [-0.2, -0.15) is 0 Å². The summed E-state index contributed by atoms with van der Waals surface area (Å²) < 4.78 is 0.809. The Morgan fingerprint density at radius 1 is 1.42 bits per heavy atom. The smallest absolute Gasteiger partial charge is 0.337 e. The summed E-state index contributed by atoms with van der Waals surface area (Å²) in [4.78, 5) is 24.6. The lowest BCUT2D eigenvalue weighted by Gasteiger charge is -2.20. The van der Waals surface area contributed by atoms with E-state index in [1.807, 2.05) is 36.4 Å².